The van der Waals surface area contributed by atoms with E-state index in [1.54, 1.807) is 0 Å². The smallest absolute Gasteiger partial charge is 0.125 e. The quantitative estimate of drug-likeness (QED) is 0.887. The van der Waals surface area contributed by atoms with Crippen molar-refractivity contribution in [2.45, 2.75) is 32.3 Å². The van der Waals surface area contributed by atoms with Crippen molar-refractivity contribution in [3.05, 3.63) is 23.8 Å². The highest BCUT2D eigenvalue weighted by atomic mass is 16.5. The highest BCUT2D eigenvalue weighted by Gasteiger charge is 2.22. The molecule has 0 aromatic heterocycles. The van der Waals surface area contributed by atoms with E-state index in [-0.39, 0.29) is 0 Å². The summed E-state index contributed by atoms with van der Waals surface area (Å²) in [7, 11) is 0. The summed E-state index contributed by atoms with van der Waals surface area (Å²) < 4.78 is 6.22. The molecule has 1 N–H and O–H groups in total. The van der Waals surface area contributed by atoms with E-state index in [0.29, 0.717) is 6.10 Å². The Hall–Kier alpha value is -1.22. The van der Waals surface area contributed by atoms with Crippen molar-refractivity contribution in [1.29, 1.82) is 0 Å². The predicted molar refractivity (Wildman–Crippen MR) is 74.4 cm³/mol. The number of nitrogens with zero attached hydrogens (tertiary/aromatic N) is 1. The zero-order chi connectivity index (χ0) is 12.4. The van der Waals surface area contributed by atoms with Gasteiger partial charge in [-0.05, 0) is 37.9 Å². The van der Waals surface area contributed by atoms with Crippen LogP contribution in [-0.2, 0) is 6.42 Å². The fourth-order valence-electron chi connectivity index (χ4n) is 2.94. The number of hydrogen-bond donors (Lipinski definition) is 1. The zero-order valence-electron chi connectivity index (χ0n) is 11.1. The molecule has 1 saturated heterocycles. The first-order chi connectivity index (χ1) is 8.86. The lowest BCUT2D eigenvalue weighted by molar-refractivity contribution is 0.103. The van der Waals surface area contributed by atoms with Gasteiger partial charge in [0.2, 0.25) is 0 Å². The molecule has 3 rings (SSSR count). The zero-order valence-corrected chi connectivity index (χ0v) is 11.1. The van der Waals surface area contributed by atoms with Crippen LogP contribution >= 0.6 is 0 Å². The molecule has 2 heterocycles. The first kappa shape index (κ1) is 11.8. The second-order valence-electron chi connectivity index (χ2n) is 5.21. The average Bonchev–Trinajstić information content (AvgIpc) is 2.89. The maximum atomic E-state index is 6.22. The minimum absolute atomic E-state index is 0.403. The number of fused-ring (bicyclic) bond motifs is 1. The third-order valence-corrected chi connectivity index (χ3v) is 4.10. The minimum atomic E-state index is 0.403. The van der Waals surface area contributed by atoms with E-state index in [9.17, 15) is 0 Å². The van der Waals surface area contributed by atoms with Crippen LogP contribution in [0.1, 0.15) is 25.3 Å². The Morgan fingerprint density at radius 2 is 2.17 bits per heavy atom. The number of nitrogens with one attached hydrogen (secondary N) is 1. The Kier molecular flexibility index (Phi) is 3.41. The van der Waals surface area contributed by atoms with Gasteiger partial charge < -0.3 is 15.0 Å². The van der Waals surface area contributed by atoms with Gasteiger partial charge in [0.15, 0.2) is 0 Å². The second-order valence-corrected chi connectivity index (χ2v) is 5.21. The van der Waals surface area contributed by atoms with E-state index in [0.717, 1.165) is 38.1 Å². The van der Waals surface area contributed by atoms with Gasteiger partial charge in [-0.3, -0.25) is 0 Å². The summed E-state index contributed by atoms with van der Waals surface area (Å²) in [5.41, 5.74) is 2.63. The maximum absolute atomic E-state index is 6.22. The molecule has 3 nitrogen and oxygen atoms in total. The summed E-state index contributed by atoms with van der Waals surface area (Å²) in [4.78, 5) is 2.50. The topological polar surface area (TPSA) is 24.5 Å². The highest BCUT2D eigenvalue weighted by molar-refractivity contribution is 5.61. The van der Waals surface area contributed by atoms with Crippen LogP contribution < -0.4 is 10.1 Å². The number of anilines is 1. The van der Waals surface area contributed by atoms with Gasteiger partial charge in [-0.1, -0.05) is 13.0 Å². The summed E-state index contributed by atoms with van der Waals surface area (Å²) in [5, 5.41) is 3.41. The number of likely N-dealkylation sites (tertiary alicyclic amines) is 1. The summed E-state index contributed by atoms with van der Waals surface area (Å²) in [6, 6.07) is 6.36. The third-order valence-electron chi connectivity index (χ3n) is 4.10. The van der Waals surface area contributed by atoms with Crippen LogP contribution in [0.25, 0.3) is 0 Å². The van der Waals surface area contributed by atoms with Crippen molar-refractivity contribution in [3.8, 4) is 5.75 Å². The fourth-order valence-corrected chi connectivity index (χ4v) is 2.94. The monoisotopic (exact) mass is 246 g/mol. The van der Waals surface area contributed by atoms with Gasteiger partial charge in [0.25, 0.3) is 0 Å². The number of rotatable bonds is 3. The van der Waals surface area contributed by atoms with E-state index in [4.69, 9.17) is 4.74 Å². The van der Waals surface area contributed by atoms with Gasteiger partial charge in [0, 0.05) is 30.9 Å². The standard InChI is InChI=1S/C15H22N2O/c1-2-17-10-7-12(8-11-17)18-15-5-3-4-14-13(15)6-9-16-14/h3-5,12,16H,2,6-11H2,1H3. The third kappa shape index (κ3) is 2.32. The van der Waals surface area contributed by atoms with Crippen LogP contribution in [0, 0.1) is 0 Å². The molecule has 0 spiro atoms. The first-order valence-corrected chi connectivity index (χ1v) is 7.11. The van der Waals surface area contributed by atoms with Crippen LogP contribution in [0.2, 0.25) is 0 Å². The normalized spacial score (nSPS) is 20.5. The number of hydrogen-bond acceptors (Lipinski definition) is 3. The van der Waals surface area contributed by atoms with Gasteiger partial charge in [-0.15, -0.1) is 0 Å². The molecule has 1 aromatic rings. The fraction of sp³-hybridized carbons (Fsp3) is 0.600. The summed E-state index contributed by atoms with van der Waals surface area (Å²) in [6.45, 7) is 6.79. The predicted octanol–water partition coefficient (Wildman–Crippen LogP) is 2.52. The molecule has 2 aliphatic heterocycles. The molecule has 0 aliphatic carbocycles. The van der Waals surface area contributed by atoms with Crippen LogP contribution in [0.5, 0.6) is 5.75 Å². The number of benzene rings is 1. The first-order valence-electron chi connectivity index (χ1n) is 7.11. The number of ether oxygens (including phenoxy) is 1. The van der Waals surface area contributed by atoms with Crippen molar-refractivity contribution in [1.82, 2.24) is 4.90 Å². The molecule has 18 heavy (non-hydrogen) atoms. The molecule has 0 atom stereocenters. The van der Waals surface area contributed by atoms with Crippen molar-refractivity contribution >= 4 is 5.69 Å². The molecule has 3 heteroatoms. The largest absolute Gasteiger partial charge is 0.490 e. The van der Waals surface area contributed by atoms with E-state index in [1.807, 2.05) is 0 Å². The Bertz CT molecular complexity index is 411. The minimum Gasteiger partial charge on any atom is -0.490 e. The molecule has 1 fully saturated rings. The summed E-state index contributed by atoms with van der Waals surface area (Å²) in [6.07, 6.45) is 3.81. The molecular formula is C15H22N2O. The molecule has 0 bridgehead atoms. The van der Waals surface area contributed by atoms with Crippen molar-refractivity contribution in [2.24, 2.45) is 0 Å². The Balaban J connectivity index is 1.65. The molecule has 1 aromatic carbocycles. The summed E-state index contributed by atoms with van der Waals surface area (Å²) >= 11 is 0. The molecule has 0 radical (unpaired) electrons. The average molecular weight is 246 g/mol. The van der Waals surface area contributed by atoms with Crippen molar-refractivity contribution in [3.63, 3.8) is 0 Å². The van der Waals surface area contributed by atoms with E-state index >= 15 is 0 Å². The van der Waals surface area contributed by atoms with Gasteiger partial charge in [0.1, 0.15) is 11.9 Å². The lowest BCUT2D eigenvalue weighted by Crippen LogP contribution is -2.38. The van der Waals surface area contributed by atoms with Crippen LogP contribution in [0.15, 0.2) is 18.2 Å². The van der Waals surface area contributed by atoms with Gasteiger partial charge in [0.05, 0.1) is 0 Å². The molecule has 2 aliphatic rings. The van der Waals surface area contributed by atoms with E-state index < -0.39 is 0 Å². The van der Waals surface area contributed by atoms with Gasteiger partial charge >= 0.3 is 0 Å². The highest BCUT2D eigenvalue weighted by Crippen LogP contribution is 2.32. The lowest BCUT2D eigenvalue weighted by Gasteiger charge is -2.31. The molecule has 0 amide bonds. The SMILES string of the molecule is CCN1CCC(Oc2cccc3c2CCN3)CC1. The molecule has 0 saturated carbocycles. The van der Waals surface area contributed by atoms with E-state index in [2.05, 4.69) is 35.3 Å². The van der Waals surface area contributed by atoms with E-state index in [1.165, 1.54) is 24.3 Å². The number of piperidine rings is 1. The second kappa shape index (κ2) is 5.19. The Morgan fingerprint density at radius 1 is 1.33 bits per heavy atom. The molecular weight excluding hydrogens is 224 g/mol. The Morgan fingerprint density at radius 3 is 2.94 bits per heavy atom. The summed E-state index contributed by atoms with van der Waals surface area (Å²) in [5.74, 6) is 1.10. The van der Waals surface area contributed by atoms with Crippen molar-refractivity contribution < 1.29 is 4.74 Å². The Labute approximate surface area is 109 Å². The van der Waals surface area contributed by atoms with Crippen molar-refractivity contribution in [2.75, 3.05) is 31.5 Å². The van der Waals surface area contributed by atoms with Gasteiger partial charge in [-0.2, -0.15) is 0 Å². The van der Waals surface area contributed by atoms with Crippen LogP contribution in [0.4, 0.5) is 5.69 Å². The maximum Gasteiger partial charge on any atom is 0.125 e. The van der Waals surface area contributed by atoms with Gasteiger partial charge in [-0.25, -0.2) is 0 Å². The molecule has 0 unspecified atom stereocenters. The lowest BCUT2D eigenvalue weighted by atomic mass is 10.1. The van der Waals surface area contributed by atoms with Crippen LogP contribution in [-0.4, -0.2) is 37.2 Å². The molecule has 98 valence electrons. The van der Waals surface area contributed by atoms with Crippen LogP contribution in [0.3, 0.4) is 0 Å².